The Morgan fingerprint density at radius 3 is 1.21 bits per heavy atom. The molecule has 0 radical (unpaired) electrons. The minimum atomic E-state index is -1.05. The van der Waals surface area contributed by atoms with E-state index >= 15 is 0 Å². The van der Waals surface area contributed by atoms with Crippen LogP contribution >= 0.6 is 12.4 Å². The van der Waals surface area contributed by atoms with E-state index in [1.165, 1.54) is 77.9 Å². The number of carbonyl (C=O) groups is 10. The number of nitrogens with zero attached hydrogens (tertiary/aromatic N) is 8. The summed E-state index contributed by atoms with van der Waals surface area (Å²) < 4.78 is 29.0. The zero-order chi connectivity index (χ0) is 98.3. The minimum absolute atomic E-state index is 0. The normalized spacial score (nSPS) is 10.6. The van der Waals surface area contributed by atoms with Crippen LogP contribution in [0.2, 0.25) is 0 Å². The lowest BCUT2D eigenvalue weighted by molar-refractivity contribution is -0.120. The molecule has 0 bridgehead atoms. The number of allylic oxidation sites excluding steroid dienone is 2. The van der Waals surface area contributed by atoms with Crippen molar-refractivity contribution < 1.29 is 76.7 Å². The van der Waals surface area contributed by atoms with Crippen molar-refractivity contribution in [2.24, 2.45) is 5.84 Å². The van der Waals surface area contributed by atoms with Gasteiger partial charge >= 0.3 is 11.9 Å². The number of carbonyl (C=O) groups excluding carboxylic acids is 9. The number of ketones is 5. The van der Waals surface area contributed by atoms with Gasteiger partial charge in [0.05, 0.1) is 108 Å². The molecule has 1 aliphatic heterocycles. The second-order valence-corrected chi connectivity index (χ2v) is 29.7. The number of aromatic nitrogens is 6. The number of hydrazine groups is 1. The van der Waals surface area contributed by atoms with Crippen molar-refractivity contribution in [3.8, 4) is 46.4 Å². The average molecular weight is 1860 g/mol. The molecule has 0 spiro atoms. The third kappa shape index (κ3) is 31.0. The number of halogens is 1. The van der Waals surface area contributed by atoms with Crippen LogP contribution in [0.3, 0.4) is 0 Å². The number of hydrogen-bond acceptors (Lipinski definition) is 25. The fraction of sp³-hybridized carbons (Fsp3) is 0.202. The zero-order valence-electron chi connectivity index (χ0n) is 77.3. The lowest BCUT2D eigenvalue weighted by atomic mass is 10.0. The van der Waals surface area contributed by atoms with Gasteiger partial charge in [0.25, 0.3) is 18.3 Å². The lowest BCUT2D eigenvalue weighted by Gasteiger charge is -2.10. The van der Waals surface area contributed by atoms with Crippen LogP contribution in [-0.4, -0.2) is 142 Å². The molecule has 4 heterocycles. The van der Waals surface area contributed by atoms with E-state index in [9.17, 15) is 53.1 Å². The summed E-state index contributed by atoms with van der Waals surface area (Å²) in [5.74, 6) is 4.68. The summed E-state index contributed by atoms with van der Waals surface area (Å²) in [6.45, 7) is 21.5. The fourth-order valence-electron chi connectivity index (χ4n) is 12.7. The molecule has 14 rings (SSSR count). The summed E-state index contributed by atoms with van der Waals surface area (Å²) in [5, 5.41) is 44.1. The molecule has 1 saturated heterocycles. The molecule has 0 atom stereocenters. The Hall–Kier alpha value is -16.7. The van der Waals surface area contributed by atoms with Crippen molar-refractivity contribution >= 4 is 94.7 Å². The highest BCUT2D eigenvalue weighted by Gasteiger charge is 2.25. The average Bonchev–Trinajstić information content (AvgIpc) is 1.65. The number of aromatic carboxylic acids is 1. The molecule has 0 unspecified atom stereocenters. The van der Waals surface area contributed by atoms with Gasteiger partial charge in [0, 0.05) is 72.3 Å². The van der Waals surface area contributed by atoms with E-state index in [1.54, 1.807) is 155 Å². The molecule has 0 saturated carbocycles. The molecule has 706 valence electrons. The quantitative estimate of drug-likeness (QED) is 0.00561. The van der Waals surface area contributed by atoms with Crippen LogP contribution in [0.15, 0.2) is 249 Å². The topological polar surface area (TPSA) is 478 Å². The van der Waals surface area contributed by atoms with Crippen LogP contribution in [0.25, 0.3) is 17.1 Å². The number of esters is 1. The first kappa shape index (κ1) is 110. The molecule has 136 heavy (non-hydrogen) atoms. The molecular weight excluding hydrogens is 1750 g/mol. The SMILES string of the molecule is C.C/C=C(/C#N)C(=O)c1cccc(C)c1.C1CCOC1.CCOC(=O)c1cccc(C)c1.CNC(=O)c1ccc(C)c(-n2ncc(C(=O)c3cccc(C)c3)c2N)c1.CNC(=O)c1ccc(C)c(-n2ncc(C(=O)c3cccc(OC)c3)c2N)c1.COc1cccc(C(=O)c2cnn(-c3cc(C(=O)O)ccc3C)c2N)c1.Cc1ccc(OC=O)cc1NN.Cc1cccc(C(=O)CC#N)c1.Cl. The predicted octanol–water partition coefficient (Wildman–Crippen LogP) is 17.3. The summed E-state index contributed by atoms with van der Waals surface area (Å²) in [6.07, 6.45) is 8.33. The number of nitriles is 2. The molecule has 32 heteroatoms. The zero-order valence-corrected chi connectivity index (χ0v) is 78.1. The van der Waals surface area contributed by atoms with Crippen LogP contribution in [0.4, 0.5) is 23.1 Å². The number of anilines is 4. The van der Waals surface area contributed by atoms with E-state index < -0.39 is 5.97 Å². The highest BCUT2D eigenvalue weighted by Crippen LogP contribution is 2.30. The van der Waals surface area contributed by atoms with Crippen molar-refractivity contribution in [2.75, 3.05) is 70.8 Å². The lowest BCUT2D eigenvalue weighted by Crippen LogP contribution is -2.18. The van der Waals surface area contributed by atoms with Gasteiger partial charge in [-0.3, -0.25) is 44.2 Å². The third-order valence-electron chi connectivity index (χ3n) is 20.1. The molecule has 3 aromatic heterocycles. The van der Waals surface area contributed by atoms with Gasteiger partial charge in [0.1, 0.15) is 40.8 Å². The maximum Gasteiger partial charge on any atom is 0.338 e. The maximum absolute atomic E-state index is 12.8. The second-order valence-electron chi connectivity index (χ2n) is 29.7. The van der Waals surface area contributed by atoms with E-state index in [-0.39, 0.29) is 113 Å². The number of nitrogens with two attached hydrogens (primary N) is 4. The number of methoxy groups -OCH3 is 2. The van der Waals surface area contributed by atoms with Gasteiger partial charge in [-0.2, -0.15) is 25.8 Å². The van der Waals surface area contributed by atoms with Crippen molar-refractivity contribution in [1.29, 1.82) is 10.5 Å². The van der Waals surface area contributed by atoms with Crippen LogP contribution in [-0.2, 0) is 14.3 Å². The number of carboxylic acids is 1. The molecule has 0 aliphatic carbocycles. The first-order chi connectivity index (χ1) is 64.2. The van der Waals surface area contributed by atoms with Crippen LogP contribution in [0.5, 0.6) is 17.2 Å². The van der Waals surface area contributed by atoms with Gasteiger partial charge in [-0.05, 0) is 201 Å². The summed E-state index contributed by atoms with van der Waals surface area (Å²) in [6, 6.07) is 66.8. The van der Waals surface area contributed by atoms with Gasteiger partial charge in [0.2, 0.25) is 5.78 Å². The van der Waals surface area contributed by atoms with Crippen molar-refractivity contribution in [2.45, 2.75) is 95.9 Å². The first-order valence-corrected chi connectivity index (χ1v) is 41.9. The van der Waals surface area contributed by atoms with Gasteiger partial charge in [-0.15, -0.1) is 12.4 Å². The summed E-state index contributed by atoms with van der Waals surface area (Å²) in [5.41, 5.74) is 36.7. The Kier molecular flexibility index (Phi) is 44.2. The molecular formula is C104H112ClN15O16. The van der Waals surface area contributed by atoms with Crippen molar-refractivity contribution in [1.82, 2.24) is 40.0 Å². The van der Waals surface area contributed by atoms with E-state index in [0.29, 0.717) is 97.5 Å². The number of Topliss-reactive ketones (excluding diaryl/α,β-unsaturated/α-hetero) is 2. The highest BCUT2D eigenvalue weighted by molar-refractivity contribution is 6.14. The van der Waals surface area contributed by atoms with Crippen LogP contribution < -0.4 is 53.3 Å². The van der Waals surface area contributed by atoms with Crippen LogP contribution in [0, 0.1) is 78.1 Å². The Bertz CT molecular complexity index is 6510. The number of nitrogen functional groups attached to an aromatic ring is 4. The third-order valence-corrected chi connectivity index (χ3v) is 20.1. The summed E-state index contributed by atoms with van der Waals surface area (Å²) in [4.78, 5) is 117. The molecule has 31 nitrogen and oxygen atoms in total. The predicted molar refractivity (Wildman–Crippen MR) is 527 cm³/mol. The van der Waals surface area contributed by atoms with E-state index in [0.717, 1.165) is 63.4 Å². The number of amides is 2. The molecule has 1 aliphatic rings. The molecule has 1 fully saturated rings. The van der Waals surface area contributed by atoms with E-state index in [4.69, 9.17) is 52.5 Å². The monoisotopic (exact) mass is 1860 g/mol. The molecule has 2 amide bonds. The Balaban J connectivity index is 0.000000284. The van der Waals surface area contributed by atoms with E-state index in [2.05, 4.69) is 36.1 Å². The standard InChI is InChI=1S/C20H20N4O3.C20H20N4O2.C19H17N3O4.C12H11NO.C10H9NO.C10H12O2.C8H10N2O2.C4H8O.CH4.ClH/c1-12-7-8-14(20(26)22-2)10-17(12)24-19(21)16(11-23-24)18(25)13-5-4-6-15(9-13)27-3;1-12-5-4-6-14(9-12)18(25)16-11-23-24(19(16)21)17-10-15(20(26)22-3)8-7-13(17)2;1-11-6-7-13(19(24)25)9-16(11)22-18(20)15(10-21-22)17(23)12-4-3-5-14(8-12)26-2;1-3-10(8-13)12(14)11-6-4-5-9(2)7-11;1-8-3-2-4-9(7-8)10(12)5-6-11;1-3-12-10(11)9-6-4-5-8(2)7-9;1-6-2-3-7(12-5-11)4-8(6)10-9;1-2-4-5-3-1;;/h4-11H,21H2,1-3H3,(H,22,26);4-11H,21H2,1-3H3,(H,22,26);3-10H,20H2,1-2H3,(H,24,25);3-7H,1-2H3;2-4,7H,5H2,1H3;4-7H,3H2,1-2H3;2-5,10H,9H2,1H3;1-4H2;1H4;1H/b;;;10-3-;;;;;;. The number of hydrogen-bond donors (Lipinski definition) is 8. The molecule has 13 aromatic rings. The number of benzene rings is 10. The minimum Gasteiger partial charge on any atom is -0.497 e. The number of carboxylic acid groups (broad SMARTS) is 1. The van der Waals surface area contributed by atoms with Gasteiger partial charge in [-0.1, -0.05) is 151 Å². The first-order valence-electron chi connectivity index (χ1n) is 41.9. The summed E-state index contributed by atoms with van der Waals surface area (Å²) in [7, 11) is 6.20. The van der Waals surface area contributed by atoms with Crippen LogP contribution in [0.1, 0.15) is 195 Å². The van der Waals surface area contributed by atoms with Gasteiger partial charge < -0.3 is 62.1 Å². The van der Waals surface area contributed by atoms with Crippen molar-refractivity contribution in [3.05, 3.63) is 360 Å². The molecule has 10 aromatic carbocycles. The second kappa shape index (κ2) is 54.8. The Morgan fingerprint density at radius 2 is 0.846 bits per heavy atom. The smallest absolute Gasteiger partial charge is 0.338 e. The van der Waals surface area contributed by atoms with Gasteiger partial charge in [0.15, 0.2) is 23.1 Å². The number of aryl methyl sites for hydroxylation is 8. The Morgan fingerprint density at radius 1 is 0.478 bits per heavy atom. The Labute approximate surface area is 796 Å². The largest absolute Gasteiger partial charge is 0.497 e. The number of ether oxygens (including phenoxy) is 5. The van der Waals surface area contributed by atoms with E-state index in [1.807, 2.05) is 146 Å². The maximum atomic E-state index is 12.8. The molecule has 12 N–H and O–H groups in total. The fourth-order valence-corrected chi connectivity index (χ4v) is 12.7. The summed E-state index contributed by atoms with van der Waals surface area (Å²) >= 11 is 0. The number of rotatable bonds is 23. The number of nitrogens with one attached hydrogen (secondary N) is 3. The van der Waals surface area contributed by atoms with Gasteiger partial charge in [-0.25, -0.2) is 23.6 Å². The van der Waals surface area contributed by atoms with Crippen molar-refractivity contribution in [3.63, 3.8) is 0 Å². The highest BCUT2D eigenvalue weighted by atomic mass is 35.5.